The summed E-state index contributed by atoms with van der Waals surface area (Å²) in [5.41, 5.74) is 0.552. The lowest BCUT2D eigenvalue weighted by molar-refractivity contribution is -0.137. The molecule has 0 aliphatic carbocycles. The Hall–Kier alpha value is -2.14. The molecule has 0 aliphatic rings. The molecule has 0 unspecified atom stereocenters. The summed E-state index contributed by atoms with van der Waals surface area (Å²) in [7, 11) is -1.27. The Morgan fingerprint density at radius 1 is 1.12 bits per heavy atom. The molecule has 0 saturated heterocycles. The molecule has 2 rings (SSSR count). The fourth-order valence-corrected chi connectivity index (χ4v) is 2.83. The van der Waals surface area contributed by atoms with Gasteiger partial charge in [0, 0.05) is 31.2 Å². The highest BCUT2D eigenvalue weighted by atomic mass is 31.2. The molecule has 128 valence electrons. The lowest BCUT2D eigenvalue weighted by atomic mass is 10.1. The van der Waals surface area contributed by atoms with Crippen LogP contribution in [0.1, 0.15) is 12.5 Å². The van der Waals surface area contributed by atoms with Gasteiger partial charge in [0.05, 0.1) is 6.61 Å². The number of carbonyl (C=O) groups is 1. The quantitative estimate of drug-likeness (QED) is 0.423. The molecule has 0 N–H and O–H groups in total. The van der Waals surface area contributed by atoms with Gasteiger partial charge in [0.15, 0.2) is 0 Å². The second-order valence-corrected chi connectivity index (χ2v) is 6.50. The standard InChI is InChI=1S/C17H19O6P/c1-4-22-16(18)12-11-14-10-9-13-7-5-6-8-15(13)17(14)23-24(19,20-2)21-3/h5-12H,4H2,1-3H3/b12-11+. The van der Waals surface area contributed by atoms with E-state index < -0.39 is 13.8 Å². The van der Waals surface area contributed by atoms with Crippen LogP contribution in [0.3, 0.4) is 0 Å². The molecule has 6 nitrogen and oxygen atoms in total. The number of hydrogen-bond acceptors (Lipinski definition) is 6. The van der Waals surface area contributed by atoms with E-state index in [2.05, 4.69) is 0 Å². The zero-order valence-electron chi connectivity index (χ0n) is 13.7. The number of carbonyl (C=O) groups excluding carboxylic acids is 1. The highest BCUT2D eigenvalue weighted by Gasteiger charge is 2.26. The lowest BCUT2D eigenvalue weighted by Crippen LogP contribution is -2.00. The van der Waals surface area contributed by atoms with Crippen molar-refractivity contribution in [3.8, 4) is 5.75 Å². The predicted molar refractivity (Wildman–Crippen MR) is 91.9 cm³/mol. The van der Waals surface area contributed by atoms with Crippen molar-refractivity contribution in [1.29, 1.82) is 0 Å². The topological polar surface area (TPSA) is 71.1 Å². The molecule has 0 atom stereocenters. The summed E-state index contributed by atoms with van der Waals surface area (Å²) in [5, 5.41) is 1.61. The van der Waals surface area contributed by atoms with Crippen molar-refractivity contribution in [2.75, 3.05) is 20.8 Å². The predicted octanol–water partition coefficient (Wildman–Crippen LogP) is 4.20. The molecule has 24 heavy (non-hydrogen) atoms. The normalized spacial score (nSPS) is 11.8. The molecule has 2 aromatic carbocycles. The molecule has 0 saturated carbocycles. The molecule has 0 radical (unpaired) electrons. The molecule has 0 spiro atoms. The number of benzene rings is 2. The first-order valence-electron chi connectivity index (χ1n) is 7.30. The Bertz CT molecular complexity index is 791. The van der Waals surface area contributed by atoms with Crippen LogP contribution in [0.15, 0.2) is 42.5 Å². The highest BCUT2D eigenvalue weighted by Crippen LogP contribution is 2.50. The second-order valence-electron chi connectivity index (χ2n) is 4.69. The molecule has 0 heterocycles. The minimum absolute atomic E-state index is 0.285. The van der Waals surface area contributed by atoms with Crippen molar-refractivity contribution in [3.63, 3.8) is 0 Å². The minimum Gasteiger partial charge on any atom is -0.463 e. The van der Waals surface area contributed by atoms with Crippen LogP contribution in [0, 0.1) is 0 Å². The molecule has 2 aromatic rings. The Labute approximate surface area is 140 Å². The molecular weight excluding hydrogens is 331 g/mol. The van der Waals surface area contributed by atoms with Crippen molar-refractivity contribution in [3.05, 3.63) is 48.0 Å². The SMILES string of the molecule is CCOC(=O)/C=C/c1ccc2ccccc2c1OP(=O)(OC)OC. The summed E-state index contributed by atoms with van der Waals surface area (Å²) in [5.74, 6) is -0.168. The van der Waals surface area contributed by atoms with E-state index in [1.165, 1.54) is 26.4 Å². The van der Waals surface area contributed by atoms with Gasteiger partial charge in [0.25, 0.3) is 0 Å². The fourth-order valence-electron chi connectivity index (χ4n) is 2.10. The number of phosphoric ester groups is 1. The number of fused-ring (bicyclic) bond motifs is 1. The van der Waals surface area contributed by atoms with Gasteiger partial charge >= 0.3 is 13.8 Å². The van der Waals surface area contributed by atoms with Gasteiger partial charge in [0.2, 0.25) is 0 Å². The molecule has 0 amide bonds. The minimum atomic E-state index is -3.74. The van der Waals surface area contributed by atoms with Crippen LogP contribution in [0.25, 0.3) is 16.8 Å². The monoisotopic (exact) mass is 350 g/mol. The number of rotatable bonds is 7. The largest absolute Gasteiger partial charge is 0.529 e. The van der Waals surface area contributed by atoms with E-state index in [0.29, 0.717) is 11.3 Å². The Kier molecular flexibility index (Phi) is 6.15. The zero-order valence-corrected chi connectivity index (χ0v) is 14.6. The lowest BCUT2D eigenvalue weighted by Gasteiger charge is -2.17. The van der Waals surface area contributed by atoms with Gasteiger partial charge in [-0.05, 0) is 18.4 Å². The molecule has 0 aliphatic heterocycles. The van der Waals surface area contributed by atoms with E-state index in [1.54, 1.807) is 13.0 Å². The number of ether oxygens (including phenoxy) is 1. The van der Waals surface area contributed by atoms with E-state index in [9.17, 15) is 9.36 Å². The second kappa shape index (κ2) is 8.11. The average Bonchev–Trinajstić information content (AvgIpc) is 2.61. The van der Waals surface area contributed by atoms with Crippen LogP contribution >= 0.6 is 7.82 Å². The van der Waals surface area contributed by atoms with Crippen molar-refractivity contribution >= 4 is 30.6 Å². The zero-order chi connectivity index (χ0) is 17.6. The van der Waals surface area contributed by atoms with Crippen LogP contribution in [0.2, 0.25) is 0 Å². The molecule has 0 aromatic heterocycles. The van der Waals surface area contributed by atoms with Crippen LogP contribution in [0.4, 0.5) is 0 Å². The first-order chi connectivity index (χ1) is 11.5. The van der Waals surface area contributed by atoms with Crippen LogP contribution < -0.4 is 4.52 Å². The van der Waals surface area contributed by atoms with E-state index in [-0.39, 0.29) is 6.61 Å². The van der Waals surface area contributed by atoms with Gasteiger partial charge in [-0.15, -0.1) is 0 Å². The first-order valence-corrected chi connectivity index (χ1v) is 8.76. The third-order valence-corrected chi connectivity index (χ3v) is 4.55. The van der Waals surface area contributed by atoms with Crippen molar-refractivity contribution in [1.82, 2.24) is 0 Å². The third kappa shape index (κ3) is 4.23. The maximum atomic E-state index is 12.4. The van der Waals surface area contributed by atoms with Crippen molar-refractivity contribution < 1.29 is 27.7 Å². The smallest absolute Gasteiger partial charge is 0.463 e. The van der Waals surface area contributed by atoms with E-state index >= 15 is 0 Å². The van der Waals surface area contributed by atoms with E-state index in [0.717, 1.165) is 10.8 Å². The summed E-state index contributed by atoms with van der Waals surface area (Å²) < 4.78 is 32.5. The van der Waals surface area contributed by atoms with Gasteiger partial charge in [-0.3, -0.25) is 9.05 Å². The first kappa shape index (κ1) is 18.2. The third-order valence-electron chi connectivity index (χ3n) is 3.25. The van der Waals surface area contributed by atoms with Crippen LogP contribution in [0.5, 0.6) is 5.75 Å². The van der Waals surface area contributed by atoms with E-state index in [4.69, 9.17) is 18.3 Å². The number of hydrogen-bond donors (Lipinski definition) is 0. The maximum Gasteiger partial charge on any atom is 0.529 e. The molecule has 0 bridgehead atoms. The highest BCUT2D eigenvalue weighted by molar-refractivity contribution is 7.48. The van der Waals surface area contributed by atoms with E-state index in [1.807, 2.05) is 30.3 Å². The van der Waals surface area contributed by atoms with Crippen LogP contribution in [-0.2, 0) is 23.1 Å². The summed E-state index contributed by atoms with van der Waals surface area (Å²) >= 11 is 0. The summed E-state index contributed by atoms with van der Waals surface area (Å²) in [6, 6.07) is 11.1. The average molecular weight is 350 g/mol. The summed E-state index contributed by atoms with van der Waals surface area (Å²) in [4.78, 5) is 11.5. The van der Waals surface area contributed by atoms with Gasteiger partial charge < -0.3 is 9.26 Å². The molecular formula is C17H19O6P. The fraction of sp³-hybridized carbons (Fsp3) is 0.235. The molecule has 0 fully saturated rings. The summed E-state index contributed by atoms with van der Waals surface area (Å²) in [6.45, 7) is 2.01. The van der Waals surface area contributed by atoms with Crippen molar-refractivity contribution in [2.45, 2.75) is 6.92 Å². The summed E-state index contributed by atoms with van der Waals surface area (Å²) in [6.07, 6.45) is 2.82. The van der Waals surface area contributed by atoms with Gasteiger partial charge in [-0.25, -0.2) is 9.36 Å². The van der Waals surface area contributed by atoms with Gasteiger partial charge in [0.1, 0.15) is 5.75 Å². The maximum absolute atomic E-state index is 12.4. The number of esters is 1. The van der Waals surface area contributed by atoms with Crippen LogP contribution in [-0.4, -0.2) is 26.8 Å². The van der Waals surface area contributed by atoms with Crippen molar-refractivity contribution in [2.24, 2.45) is 0 Å². The van der Waals surface area contributed by atoms with Gasteiger partial charge in [-0.2, -0.15) is 0 Å². The Morgan fingerprint density at radius 3 is 2.50 bits per heavy atom. The number of phosphoric acid groups is 1. The Morgan fingerprint density at radius 2 is 1.83 bits per heavy atom. The molecule has 7 heteroatoms. The van der Waals surface area contributed by atoms with Gasteiger partial charge in [-0.1, -0.05) is 36.4 Å². The Balaban J connectivity index is 2.52.